The van der Waals surface area contributed by atoms with Crippen LogP contribution in [0.2, 0.25) is 0 Å². The van der Waals surface area contributed by atoms with E-state index in [-0.39, 0.29) is 11.7 Å². The lowest BCUT2D eigenvalue weighted by atomic mass is 10.1. The topological polar surface area (TPSA) is 75.2 Å². The van der Waals surface area contributed by atoms with Gasteiger partial charge in [0.25, 0.3) is 0 Å². The first kappa shape index (κ1) is 18.0. The summed E-state index contributed by atoms with van der Waals surface area (Å²) in [6.45, 7) is 5.88. The zero-order valence-electron chi connectivity index (χ0n) is 15.3. The second kappa shape index (κ2) is 8.08. The number of nitrogens with one attached hydrogen (secondary N) is 1. The second-order valence-corrected chi connectivity index (χ2v) is 6.62. The zero-order valence-corrected chi connectivity index (χ0v) is 15.3. The number of carbonyl (C=O) groups excluding carboxylic acids is 2. The standard InChI is InChI=1S/C20H24N4O2/c1-14-12-18(21-9-5-11-24-10-4-8-19(24)26)23-20(22-14)17-7-3-6-16(13-17)15(2)25/h3,6-7,12-13H,4-5,8-11H2,1-2H3,(H,21,22,23). The van der Waals surface area contributed by atoms with E-state index in [0.29, 0.717) is 17.8 Å². The van der Waals surface area contributed by atoms with Crippen molar-refractivity contribution in [1.29, 1.82) is 0 Å². The molecular formula is C20H24N4O2. The van der Waals surface area contributed by atoms with Crippen LogP contribution in [0.3, 0.4) is 0 Å². The van der Waals surface area contributed by atoms with Crippen molar-refractivity contribution >= 4 is 17.5 Å². The van der Waals surface area contributed by atoms with Crippen LogP contribution in [-0.2, 0) is 4.79 Å². The van der Waals surface area contributed by atoms with E-state index in [0.717, 1.165) is 49.6 Å². The van der Waals surface area contributed by atoms with Gasteiger partial charge in [0.1, 0.15) is 5.82 Å². The van der Waals surface area contributed by atoms with Gasteiger partial charge in [0, 0.05) is 48.9 Å². The first-order chi connectivity index (χ1) is 12.5. The molecule has 3 rings (SSSR count). The minimum atomic E-state index is 0.0225. The number of aryl methyl sites for hydroxylation is 1. The van der Waals surface area contributed by atoms with Crippen molar-refractivity contribution in [3.05, 3.63) is 41.6 Å². The predicted octanol–water partition coefficient (Wildman–Crippen LogP) is 3.08. The highest BCUT2D eigenvalue weighted by Gasteiger charge is 2.18. The Morgan fingerprint density at radius 2 is 2.12 bits per heavy atom. The van der Waals surface area contributed by atoms with Gasteiger partial charge >= 0.3 is 0 Å². The van der Waals surface area contributed by atoms with E-state index in [1.165, 1.54) is 0 Å². The van der Waals surface area contributed by atoms with Crippen molar-refractivity contribution in [1.82, 2.24) is 14.9 Å². The highest BCUT2D eigenvalue weighted by molar-refractivity contribution is 5.95. The molecule has 1 fully saturated rings. The van der Waals surface area contributed by atoms with Crippen LogP contribution in [0.4, 0.5) is 5.82 Å². The van der Waals surface area contributed by atoms with Crippen molar-refractivity contribution in [3.63, 3.8) is 0 Å². The number of aromatic nitrogens is 2. The summed E-state index contributed by atoms with van der Waals surface area (Å²) in [5.41, 5.74) is 2.34. The van der Waals surface area contributed by atoms with Gasteiger partial charge < -0.3 is 10.2 Å². The van der Waals surface area contributed by atoms with Gasteiger partial charge in [-0.1, -0.05) is 18.2 Å². The Balaban J connectivity index is 1.65. The van der Waals surface area contributed by atoms with Crippen molar-refractivity contribution in [2.24, 2.45) is 0 Å². The Morgan fingerprint density at radius 3 is 2.85 bits per heavy atom. The van der Waals surface area contributed by atoms with Crippen LogP contribution in [-0.4, -0.2) is 46.2 Å². The maximum absolute atomic E-state index is 11.6. The number of ketones is 1. The van der Waals surface area contributed by atoms with Gasteiger partial charge in [-0.15, -0.1) is 0 Å². The van der Waals surface area contributed by atoms with E-state index in [4.69, 9.17) is 0 Å². The monoisotopic (exact) mass is 352 g/mol. The minimum absolute atomic E-state index is 0.0225. The summed E-state index contributed by atoms with van der Waals surface area (Å²) in [6.07, 6.45) is 2.53. The first-order valence-electron chi connectivity index (χ1n) is 9.01. The van der Waals surface area contributed by atoms with E-state index in [2.05, 4.69) is 15.3 Å². The molecule has 0 spiro atoms. The lowest BCUT2D eigenvalue weighted by Crippen LogP contribution is -2.27. The van der Waals surface area contributed by atoms with Crippen LogP contribution in [0.25, 0.3) is 11.4 Å². The van der Waals surface area contributed by atoms with Crippen LogP contribution < -0.4 is 5.32 Å². The molecule has 1 saturated heterocycles. The number of benzene rings is 1. The van der Waals surface area contributed by atoms with Crippen molar-refractivity contribution in [2.75, 3.05) is 25.0 Å². The number of hydrogen-bond donors (Lipinski definition) is 1. The van der Waals surface area contributed by atoms with Gasteiger partial charge in [0.15, 0.2) is 11.6 Å². The normalized spacial score (nSPS) is 13.9. The van der Waals surface area contributed by atoms with Crippen LogP contribution >= 0.6 is 0 Å². The zero-order chi connectivity index (χ0) is 18.5. The molecule has 6 heteroatoms. The number of rotatable bonds is 7. The average Bonchev–Trinajstić information content (AvgIpc) is 3.03. The van der Waals surface area contributed by atoms with Gasteiger partial charge in [0.05, 0.1) is 0 Å². The Kier molecular flexibility index (Phi) is 5.61. The molecule has 0 saturated carbocycles. The third kappa shape index (κ3) is 4.45. The molecule has 0 unspecified atom stereocenters. The van der Waals surface area contributed by atoms with Gasteiger partial charge in [-0.3, -0.25) is 9.59 Å². The van der Waals surface area contributed by atoms with Crippen LogP contribution in [0.15, 0.2) is 30.3 Å². The van der Waals surface area contributed by atoms with E-state index < -0.39 is 0 Å². The first-order valence-corrected chi connectivity index (χ1v) is 9.01. The molecule has 136 valence electrons. The third-order valence-corrected chi connectivity index (χ3v) is 4.46. The minimum Gasteiger partial charge on any atom is -0.370 e. The summed E-state index contributed by atoms with van der Waals surface area (Å²) < 4.78 is 0. The fourth-order valence-corrected chi connectivity index (χ4v) is 3.09. The molecule has 2 heterocycles. The highest BCUT2D eigenvalue weighted by Crippen LogP contribution is 2.19. The molecule has 0 atom stereocenters. The summed E-state index contributed by atoms with van der Waals surface area (Å²) >= 11 is 0. The van der Waals surface area contributed by atoms with Gasteiger partial charge in [0.2, 0.25) is 5.91 Å². The van der Waals surface area contributed by atoms with E-state index in [1.807, 2.05) is 36.1 Å². The number of Topliss-reactive ketones (excluding diaryl/α,β-unsaturated/α-hetero) is 1. The van der Waals surface area contributed by atoms with Crippen molar-refractivity contribution < 1.29 is 9.59 Å². The smallest absolute Gasteiger partial charge is 0.222 e. The van der Waals surface area contributed by atoms with Gasteiger partial charge in [-0.05, 0) is 32.8 Å². The fourth-order valence-electron chi connectivity index (χ4n) is 3.09. The number of carbonyl (C=O) groups is 2. The lowest BCUT2D eigenvalue weighted by Gasteiger charge is -2.15. The van der Waals surface area contributed by atoms with Gasteiger partial charge in [-0.25, -0.2) is 9.97 Å². The molecule has 1 aromatic heterocycles. The number of hydrogen-bond acceptors (Lipinski definition) is 5. The quantitative estimate of drug-likeness (QED) is 0.612. The molecule has 1 aliphatic heterocycles. The molecule has 1 aliphatic rings. The summed E-state index contributed by atoms with van der Waals surface area (Å²) in [5, 5.41) is 3.32. The van der Waals surface area contributed by atoms with Crippen LogP contribution in [0.1, 0.15) is 42.2 Å². The number of amides is 1. The highest BCUT2D eigenvalue weighted by atomic mass is 16.2. The molecule has 1 aromatic carbocycles. The summed E-state index contributed by atoms with van der Waals surface area (Å²) in [4.78, 5) is 34.2. The fraction of sp³-hybridized carbons (Fsp3) is 0.400. The maximum atomic E-state index is 11.6. The van der Waals surface area contributed by atoms with E-state index in [9.17, 15) is 9.59 Å². The SMILES string of the molecule is CC(=O)c1cccc(-c2nc(C)cc(NCCCN3CCCC3=O)n2)c1. The Morgan fingerprint density at radius 1 is 1.27 bits per heavy atom. The number of likely N-dealkylation sites (tertiary alicyclic amines) is 1. The molecule has 6 nitrogen and oxygen atoms in total. The number of anilines is 1. The molecule has 0 radical (unpaired) electrons. The molecule has 0 bridgehead atoms. The summed E-state index contributed by atoms with van der Waals surface area (Å²) in [5.74, 6) is 1.64. The maximum Gasteiger partial charge on any atom is 0.222 e. The third-order valence-electron chi connectivity index (χ3n) is 4.46. The average molecular weight is 352 g/mol. The molecule has 1 amide bonds. The second-order valence-electron chi connectivity index (χ2n) is 6.62. The molecule has 26 heavy (non-hydrogen) atoms. The lowest BCUT2D eigenvalue weighted by molar-refractivity contribution is -0.127. The Hall–Kier alpha value is -2.76. The van der Waals surface area contributed by atoms with E-state index in [1.54, 1.807) is 13.0 Å². The molecular weight excluding hydrogens is 328 g/mol. The van der Waals surface area contributed by atoms with Crippen molar-refractivity contribution in [2.45, 2.75) is 33.1 Å². The molecule has 2 aromatic rings. The largest absolute Gasteiger partial charge is 0.370 e. The van der Waals surface area contributed by atoms with E-state index >= 15 is 0 Å². The van der Waals surface area contributed by atoms with Crippen LogP contribution in [0, 0.1) is 6.92 Å². The summed E-state index contributed by atoms with van der Waals surface area (Å²) in [6, 6.07) is 9.27. The van der Waals surface area contributed by atoms with Crippen molar-refractivity contribution in [3.8, 4) is 11.4 Å². The Bertz CT molecular complexity index is 819. The summed E-state index contributed by atoms with van der Waals surface area (Å²) in [7, 11) is 0. The number of nitrogens with zero attached hydrogens (tertiary/aromatic N) is 3. The van der Waals surface area contributed by atoms with Crippen LogP contribution in [0.5, 0.6) is 0 Å². The molecule has 1 N–H and O–H groups in total. The Labute approximate surface area is 153 Å². The van der Waals surface area contributed by atoms with Gasteiger partial charge in [-0.2, -0.15) is 0 Å². The predicted molar refractivity (Wildman–Crippen MR) is 101 cm³/mol. The molecule has 0 aliphatic carbocycles.